The Labute approximate surface area is 120 Å². The van der Waals surface area contributed by atoms with E-state index in [0.717, 1.165) is 38.3 Å². The van der Waals surface area contributed by atoms with Crippen molar-refractivity contribution in [3.8, 4) is 6.07 Å². The van der Waals surface area contributed by atoms with Gasteiger partial charge in [-0.05, 0) is 71.6 Å². The number of nitrogens with zero attached hydrogens (tertiary/aromatic N) is 2. The van der Waals surface area contributed by atoms with Crippen LogP contribution in [0.15, 0.2) is 0 Å². The van der Waals surface area contributed by atoms with E-state index in [2.05, 4.69) is 44.1 Å². The van der Waals surface area contributed by atoms with Crippen LogP contribution in [0.1, 0.15) is 59.8 Å². The molecule has 1 unspecified atom stereocenters. The minimum absolute atomic E-state index is 0.341. The molecule has 0 fully saturated rings. The van der Waals surface area contributed by atoms with E-state index in [1.807, 2.05) is 6.92 Å². The van der Waals surface area contributed by atoms with Gasteiger partial charge in [-0.1, -0.05) is 20.8 Å². The van der Waals surface area contributed by atoms with Gasteiger partial charge in [-0.2, -0.15) is 5.26 Å². The molecule has 0 aromatic heterocycles. The molecule has 0 heterocycles. The Morgan fingerprint density at radius 2 is 1.95 bits per heavy atom. The number of nitrogens with one attached hydrogen (secondary N) is 1. The third-order valence-corrected chi connectivity index (χ3v) is 3.57. The van der Waals surface area contributed by atoms with Gasteiger partial charge in [0.2, 0.25) is 0 Å². The molecule has 3 nitrogen and oxygen atoms in total. The number of nitriles is 1. The fraction of sp³-hybridized carbons (Fsp3) is 0.938. The molecular formula is C16H33N3. The average Bonchev–Trinajstić information content (AvgIpc) is 2.39. The molecule has 0 bridgehead atoms. The Morgan fingerprint density at radius 3 is 2.47 bits per heavy atom. The Bertz CT molecular complexity index is 257. The van der Waals surface area contributed by atoms with Crippen LogP contribution in [0.2, 0.25) is 0 Å². The summed E-state index contributed by atoms with van der Waals surface area (Å²) in [6.07, 6.45) is 5.59. The van der Waals surface area contributed by atoms with Crippen molar-refractivity contribution in [2.24, 2.45) is 5.92 Å². The van der Waals surface area contributed by atoms with E-state index in [0.29, 0.717) is 0 Å². The van der Waals surface area contributed by atoms with Gasteiger partial charge in [0.15, 0.2) is 0 Å². The third-order valence-electron chi connectivity index (χ3n) is 3.57. The predicted octanol–water partition coefficient (Wildman–Crippen LogP) is 3.42. The molecule has 3 heteroatoms. The van der Waals surface area contributed by atoms with Crippen LogP contribution in [0, 0.1) is 17.2 Å². The lowest BCUT2D eigenvalue weighted by molar-refractivity contribution is 0.296. The lowest BCUT2D eigenvalue weighted by atomic mass is 9.96. The summed E-state index contributed by atoms with van der Waals surface area (Å²) in [5, 5.41) is 12.6. The summed E-state index contributed by atoms with van der Waals surface area (Å²) >= 11 is 0. The lowest BCUT2D eigenvalue weighted by Crippen LogP contribution is -2.41. The molecule has 0 aromatic rings. The highest BCUT2D eigenvalue weighted by molar-refractivity contribution is 5.03. The van der Waals surface area contributed by atoms with Crippen LogP contribution in [0.5, 0.6) is 0 Å². The molecule has 0 radical (unpaired) electrons. The zero-order valence-electron chi connectivity index (χ0n) is 13.6. The molecule has 0 aromatic carbocycles. The van der Waals surface area contributed by atoms with E-state index in [9.17, 15) is 5.26 Å². The van der Waals surface area contributed by atoms with Crippen molar-refractivity contribution in [1.82, 2.24) is 10.2 Å². The molecule has 0 rings (SSSR count). The summed E-state index contributed by atoms with van der Waals surface area (Å²) in [6, 6.07) is 2.42. The molecule has 0 aliphatic carbocycles. The lowest BCUT2D eigenvalue weighted by Gasteiger charge is -2.24. The Morgan fingerprint density at radius 1 is 1.26 bits per heavy atom. The van der Waals surface area contributed by atoms with Gasteiger partial charge < -0.3 is 4.90 Å². The monoisotopic (exact) mass is 267 g/mol. The predicted molar refractivity (Wildman–Crippen MR) is 83.1 cm³/mol. The zero-order chi connectivity index (χ0) is 14.7. The van der Waals surface area contributed by atoms with Crippen molar-refractivity contribution in [2.45, 2.75) is 65.3 Å². The molecule has 1 atom stereocenters. The first-order chi connectivity index (χ1) is 8.93. The van der Waals surface area contributed by atoms with E-state index in [1.54, 1.807) is 0 Å². The smallest absolute Gasteiger partial charge is 0.103 e. The standard InChI is InChI=1S/C16H33N3/c1-6-11-18-16(4,14-17)10-7-8-12-19(5)13-9-15(2)3/h15,18H,6-13H2,1-5H3. The van der Waals surface area contributed by atoms with E-state index >= 15 is 0 Å². The Kier molecular flexibility index (Phi) is 9.91. The number of rotatable bonds is 11. The highest BCUT2D eigenvalue weighted by Gasteiger charge is 2.21. The van der Waals surface area contributed by atoms with Crippen LogP contribution >= 0.6 is 0 Å². The fourth-order valence-electron chi connectivity index (χ4n) is 2.04. The van der Waals surface area contributed by atoms with Gasteiger partial charge in [-0.3, -0.25) is 5.32 Å². The topological polar surface area (TPSA) is 39.1 Å². The van der Waals surface area contributed by atoms with Gasteiger partial charge >= 0.3 is 0 Å². The first-order valence-electron chi connectivity index (χ1n) is 7.78. The zero-order valence-corrected chi connectivity index (χ0v) is 13.6. The maximum Gasteiger partial charge on any atom is 0.103 e. The van der Waals surface area contributed by atoms with Crippen LogP contribution in [0.4, 0.5) is 0 Å². The van der Waals surface area contributed by atoms with Crippen molar-refractivity contribution in [3.05, 3.63) is 0 Å². The second-order valence-corrected chi connectivity index (χ2v) is 6.31. The second-order valence-electron chi connectivity index (χ2n) is 6.31. The first-order valence-corrected chi connectivity index (χ1v) is 7.78. The molecule has 112 valence electrons. The largest absolute Gasteiger partial charge is 0.306 e. The summed E-state index contributed by atoms with van der Waals surface area (Å²) in [4.78, 5) is 2.41. The van der Waals surface area contributed by atoms with Crippen molar-refractivity contribution in [2.75, 3.05) is 26.7 Å². The van der Waals surface area contributed by atoms with Gasteiger partial charge in [-0.25, -0.2) is 0 Å². The maximum atomic E-state index is 9.24. The summed E-state index contributed by atoms with van der Waals surface area (Å²) in [7, 11) is 2.20. The highest BCUT2D eigenvalue weighted by atomic mass is 15.1. The molecule has 1 N–H and O–H groups in total. The molecule has 0 aliphatic rings. The molecule has 0 amide bonds. The van der Waals surface area contributed by atoms with Crippen LogP contribution in [-0.2, 0) is 0 Å². The minimum atomic E-state index is -0.341. The molecule has 19 heavy (non-hydrogen) atoms. The Balaban J connectivity index is 3.74. The summed E-state index contributed by atoms with van der Waals surface area (Å²) in [5.41, 5.74) is -0.341. The summed E-state index contributed by atoms with van der Waals surface area (Å²) in [6.45, 7) is 11.9. The van der Waals surface area contributed by atoms with Crippen molar-refractivity contribution < 1.29 is 0 Å². The van der Waals surface area contributed by atoms with Crippen LogP contribution < -0.4 is 5.32 Å². The average molecular weight is 267 g/mol. The van der Waals surface area contributed by atoms with Crippen molar-refractivity contribution >= 4 is 0 Å². The van der Waals surface area contributed by atoms with E-state index in [-0.39, 0.29) is 5.54 Å². The highest BCUT2D eigenvalue weighted by Crippen LogP contribution is 2.13. The van der Waals surface area contributed by atoms with Gasteiger partial charge in [0, 0.05) is 0 Å². The molecular weight excluding hydrogens is 234 g/mol. The molecule has 0 saturated heterocycles. The third kappa shape index (κ3) is 9.92. The first kappa shape index (κ1) is 18.4. The molecule has 0 aliphatic heterocycles. The quantitative estimate of drug-likeness (QED) is 0.583. The van der Waals surface area contributed by atoms with Crippen LogP contribution in [-0.4, -0.2) is 37.1 Å². The van der Waals surface area contributed by atoms with Crippen LogP contribution in [0.25, 0.3) is 0 Å². The summed E-state index contributed by atoms with van der Waals surface area (Å²) < 4.78 is 0. The molecule has 0 saturated carbocycles. The number of hydrogen-bond donors (Lipinski definition) is 1. The van der Waals surface area contributed by atoms with E-state index in [1.165, 1.54) is 19.4 Å². The fourth-order valence-corrected chi connectivity index (χ4v) is 2.04. The molecule has 0 spiro atoms. The normalized spacial score (nSPS) is 14.6. The van der Waals surface area contributed by atoms with Crippen molar-refractivity contribution in [3.63, 3.8) is 0 Å². The van der Waals surface area contributed by atoms with E-state index < -0.39 is 0 Å². The van der Waals surface area contributed by atoms with E-state index in [4.69, 9.17) is 0 Å². The SMILES string of the molecule is CCCNC(C)(C#N)CCCCN(C)CCC(C)C. The van der Waals surface area contributed by atoms with Gasteiger partial charge in [0.25, 0.3) is 0 Å². The van der Waals surface area contributed by atoms with Gasteiger partial charge in [0.05, 0.1) is 6.07 Å². The Hall–Kier alpha value is -0.590. The minimum Gasteiger partial charge on any atom is -0.306 e. The number of unbranched alkanes of at least 4 members (excludes halogenated alkanes) is 1. The van der Waals surface area contributed by atoms with Gasteiger partial charge in [0.1, 0.15) is 5.54 Å². The second kappa shape index (κ2) is 10.2. The van der Waals surface area contributed by atoms with Crippen molar-refractivity contribution in [1.29, 1.82) is 5.26 Å². The summed E-state index contributed by atoms with van der Waals surface area (Å²) in [5.74, 6) is 0.780. The van der Waals surface area contributed by atoms with Gasteiger partial charge in [-0.15, -0.1) is 0 Å². The number of hydrogen-bond acceptors (Lipinski definition) is 3. The maximum absolute atomic E-state index is 9.24. The van der Waals surface area contributed by atoms with Crippen LogP contribution in [0.3, 0.4) is 0 Å².